The number of aryl methyl sites for hydroxylation is 2. The summed E-state index contributed by atoms with van der Waals surface area (Å²) >= 11 is 0. The van der Waals surface area contributed by atoms with Crippen LogP contribution in [0.1, 0.15) is 23.9 Å². The fraction of sp³-hybridized carbons (Fsp3) is 0.636. The first-order valence-corrected chi connectivity index (χ1v) is 5.45. The summed E-state index contributed by atoms with van der Waals surface area (Å²) in [5.41, 5.74) is 7.36. The van der Waals surface area contributed by atoms with Crippen molar-refractivity contribution in [2.45, 2.75) is 27.2 Å². The lowest BCUT2D eigenvalue weighted by molar-refractivity contribution is -0.124. The van der Waals surface area contributed by atoms with Crippen molar-refractivity contribution in [3.05, 3.63) is 17.0 Å². The predicted octanol–water partition coefficient (Wildman–Crippen LogP) is 0.967. The van der Waals surface area contributed by atoms with Gasteiger partial charge in [-0.25, -0.2) is 0 Å². The van der Waals surface area contributed by atoms with E-state index in [0.717, 1.165) is 23.4 Å². The zero-order chi connectivity index (χ0) is 12.1. The molecule has 1 amide bonds. The molecule has 0 bridgehead atoms. The number of nitrogens with one attached hydrogen (secondary N) is 1. The van der Waals surface area contributed by atoms with Gasteiger partial charge in [0.25, 0.3) is 0 Å². The number of halogens is 1. The minimum Gasteiger partial charge on any atom is -0.361 e. The monoisotopic (exact) mass is 261 g/mol. The first-order chi connectivity index (χ1) is 7.56. The summed E-state index contributed by atoms with van der Waals surface area (Å²) in [6, 6.07) is 0. The van der Waals surface area contributed by atoms with Gasteiger partial charge in [0, 0.05) is 24.6 Å². The summed E-state index contributed by atoms with van der Waals surface area (Å²) in [6.45, 7) is 6.55. The summed E-state index contributed by atoms with van der Waals surface area (Å²) < 4.78 is 5.04. The Bertz CT molecular complexity index is 346. The van der Waals surface area contributed by atoms with E-state index in [9.17, 15) is 4.79 Å². The lowest BCUT2D eigenvalue weighted by Gasteiger charge is -2.09. The van der Waals surface area contributed by atoms with Crippen molar-refractivity contribution in [3.63, 3.8) is 0 Å². The van der Waals surface area contributed by atoms with E-state index in [1.807, 2.05) is 20.8 Å². The molecule has 3 N–H and O–H groups in total. The second-order valence-electron chi connectivity index (χ2n) is 3.98. The van der Waals surface area contributed by atoms with Crippen molar-refractivity contribution in [3.8, 4) is 0 Å². The van der Waals surface area contributed by atoms with E-state index in [1.54, 1.807) is 0 Å². The first-order valence-electron chi connectivity index (χ1n) is 5.45. The Hall–Kier alpha value is -1.07. The Labute approximate surface area is 108 Å². The van der Waals surface area contributed by atoms with Crippen LogP contribution in [-0.4, -0.2) is 24.2 Å². The first kappa shape index (κ1) is 15.9. The molecule has 0 aliphatic carbocycles. The molecule has 0 aromatic carbocycles. The fourth-order valence-electron chi connectivity index (χ4n) is 1.45. The molecule has 6 heteroatoms. The van der Waals surface area contributed by atoms with Crippen LogP contribution in [0, 0.1) is 19.8 Å². The number of carbonyl (C=O) groups excluding carboxylic acids is 1. The summed E-state index contributed by atoms with van der Waals surface area (Å²) in [4.78, 5) is 11.4. The minimum atomic E-state index is -0.135. The van der Waals surface area contributed by atoms with E-state index in [-0.39, 0.29) is 24.2 Å². The van der Waals surface area contributed by atoms with Gasteiger partial charge in [0.2, 0.25) is 5.91 Å². The van der Waals surface area contributed by atoms with E-state index in [2.05, 4.69) is 10.5 Å². The molecule has 1 rings (SSSR count). The standard InChI is InChI=1S/C11H19N3O2.ClH/c1-7(6-12)11(15)13-5-4-10-8(2)14-16-9(10)3;/h7H,4-6,12H2,1-3H3,(H,13,15);1H. The summed E-state index contributed by atoms with van der Waals surface area (Å²) in [5.74, 6) is 0.678. The predicted molar refractivity (Wildman–Crippen MR) is 68.2 cm³/mol. The lowest BCUT2D eigenvalue weighted by atomic mass is 10.1. The van der Waals surface area contributed by atoms with E-state index in [0.29, 0.717) is 13.1 Å². The zero-order valence-electron chi connectivity index (χ0n) is 10.4. The number of nitrogens with two attached hydrogens (primary N) is 1. The molecule has 0 aliphatic heterocycles. The Kier molecular flexibility index (Phi) is 6.83. The SMILES string of the molecule is Cc1noc(C)c1CCNC(=O)C(C)CN.Cl. The number of rotatable bonds is 5. The van der Waals surface area contributed by atoms with Gasteiger partial charge in [-0.05, 0) is 20.3 Å². The molecule has 1 atom stereocenters. The average molecular weight is 262 g/mol. The number of carbonyl (C=O) groups is 1. The zero-order valence-corrected chi connectivity index (χ0v) is 11.3. The highest BCUT2D eigenvalue weighted by atomic mass is 35.5. The maximum absolute atomic E-state index is 11.4. The van der Waals surface area contributed by atoms with E-state index < -0.39 is 0 Å². The molecule has 0 saturated heterocycles. The third-order valence-electron chi connectivity index (χ3n) is 2.66. The molecule has 5 nitrogen and oxygen atoms in total. The van der Waals surface area contributed by atoms with Crippen LogP contribution >= 0.6 is 12.4 Å². The Balaban J connectivity index is 0.00000256. The highest BCUT2D eigenvalue weighted by Gasteiger charge is 2.12. The Morgan fingerprint density at radius 1 is 1.53 bits per heavy atom. The molecule has 0 spiro atoms. The molecule has 0 radical (unpaired) electrons. The van der Waals surface area contributed by atoms with Gasteiger partial charge in [-0.1, -0.05) is 12.1 Å². The normalized spacial score (nSPS) is 11.8. The van der Waals surface area contributed by atoms with Gasteiger partial charge in [-0.15, -0.1) is 12.4 Å². The van der Waals surface area contributed by atoms with E-state index in [1.165, 1.54) is 0 Å². The summed E-state index contributed by atoms with van der Waals surface area (Å²) in [5, 5.41) is 6.70. The van der Waals surface area contributed by atoms with Crippen molar-refractivity contribution in [1.29, 1.82) is 0 Å². The van der Waals surface area contributed by atoms with E-state index in [4.69, 9.17) is 10.3 Å². The molecule has 1 aromatic heterocycles. The molecular weight excluding hydrogens is 242 g/mol. The minimum absolute atomic E-state index is 0. The topological polar surface area (TPSA) is 81.2 Å². The van der Waals surface area contributed by atoms with Crippen LogP contribution < -0.4 is 11.1 Å². The third-order valence-corrected chi connectivity index (χ3v) is 2.66. The molecule has 0 fully saturated rings. The van der Waals surface area contributed by atoms with E-state index >= 15 is 0 Å². The number of hydrogen-bond acceptors (Lipinski definition) is 4. The Morgan fingerprint density at radius 3 is 2.65 bits per heavy atom. The summed E-state index contributed by atoms with van der Waals surface area (Å²) in [7, 11) is 0. The maximum Gasteiger partial charge on any atom is 0.224 e. The third kappa shape index (κ3) is 4.36. The highest BCUT2D eigenvalue weighted by molar-refractivity contribution is 5.85. The van der Waals surface area contributed by atoms with Crippen LogP contribution in [-0.2, 0) is 11.2 Å². The van der Waals surface area contributed by atoms with Crippen molar-refractivity contribution in [2.24, 2.45) is 11.7 Å². The largest absolute Gasteiger partial charge is 0.361 e. The van der Waals surface area contributed by atoms with Crippen LogP contribution in [0.2, 0.25) is 0 Å². The second-order valence-corrected chi connectivity index (χ2v) is 3.98. The number of nitrogens with zero attached hydrogens (tertiary/aromatic N) is 1. The van der Waals surface area contributed by atoms with Crippen LogP contribution in [0.4, 0.5) is 0 Å². The van der Waals surface area contributed by atoms with Crippen molar-refractivity contribution in [2.75, 3.05) is 13.1 Å². The van der Waals surface area contributed by atoms with Gasteiger partial charge >= 0.3 is 0 Å². The number of aromatic nitrogens is 1. The van der Waals surface area contributed by atoms with Crippen molar-refractivity contribution >= 4 is 18.3 Å². The summed E-state index contributed by atoms with van der Waals surface area (Å²) in [6.07, 6.45) is 0.740. The van der Waals surface area contributed by atoms with Gasteiger partial charge in [-0.2, -0.15) is 0 Å². The van der Waals surface area contributed by atoms with Gasteiger partial charge in [-0.3, -0.25) is 4.79 Å². The van der Waals surface area contributed by atoms with Crippen LogP contribution in [0.5, 0.6) is 0 Å². The van der Waals surface area contributed by atoms with Gasteiger partial charge in [0.05, 0.1) is 5.69 Å². The number of amides is 1. The van der Waals surface area contributed by atoms with Crippen molar-refractivity contribution in [1.82, 2.24) is 10.5 Å². The second kappa shape index (κ2) is 7.29. The molecule has 1 unspecified atom stereocenters. The smallest absolute Gasteiger partial charge is 0.224 e. The Morgan fingerprint density at radius 2 is 2.18 bits per heavy atom. The fourth-order valence-corrected chi connectivity index (χ4v) is 1.45. The quantitative estimate of drug-likeness (QED) is 0.828. The lowest BCUT2D eigenvalue weighted by Crippen LogP contribution is -2.34. The van der Waals surface area contributed by atoms with Crippen LogP contribution in [0.3, 0.4) is 0 Å². The molecule has 17 heavy (non-hydrogen) atoms. The van der Waals surface area contributed by atoms with Crippen LogP contribution in [0.25, 0.3) is 0 Å². The maximum atomic E-state index is 11.4. The number of hydrogen-bond donors (Lipinski definition) is 2. The molecule has 0 aliphatic rings. The van der Waals surface area contributed by atoms with Gasteiger partial charge in [0.15, 0.2) is 0 Å². The molecule has 1 heterocycles. The average Bonchev–Trinajstić information content (AvgIpc) is 2.59. The molecule has 0 saturated carbocycles. The van der Waals surface area contributed by atoms with Crippen LogP contribution in [0.15, 0.2) is 4.52 Å². The highest BCUT2D eigenvalue weighted by Crippen LogP contribution is 2.12. The molecule has 1 aromatic rings. The van der Waals surface area contributed by atoms with Gasteiger partial charge in [0.1, 0.15) is 5.76 Å². The van der Waals surface area contributed by atoms with Crippen molar-refractivity contribution < 1.29 is 9.32 Å². The molecular formula is C11H20ClN3O2. The van der Waals surface area contributed by atoms with Gasteiger partial charge < -0.3 is 15.6 Å². The molecule has 98 valence electrons.